The lowest BCUT2D eigenvalue weighted by molar-refractivity contribution is -0.142. The largest absolute Gasteiger partial charge is 0.468 e. The Labute approximate surface area is 127 Å². The normalized spacial score (nSPS) is 20.9. The Morgan fingerprint density at radius 3 is 2.90 bits per heavy atom. The van der Waals surface area contributed by atoms with E-state index in [4.69, 9.17) is 16.3 Å². The van der Waals surface area contributed by atoms with Gasteiger partial charge in [0.05, 0.1) is 7.11 Å². The molecule has 0 amide bonds. The van der Waals surface area contributed by atoms with E-state index in [1.807, 2.05) is 0 Å². The molecule has 0 bridgehead atoms. The number of nitrogens with zero attached hydrogens (tertiary/aromatic N) is 1. The molecule has 20 heavy (non-hydrogen) atoms. The van der Waals surface area contributed by atoms with Crippen LogP contribution in [-0.2, 0) is 14.3 Å². The predicted octanol–water partition coefficient (Wildman–Crippen LogP) is 1.22. The number of pyridine rings is 1. The summed E-state index contributed by atoms with van der Waals surface area (Å²) in [5, 5.41) is 3.34. The van der Waals surface area contributed by atoms with Crippen molar-refractivity contribution >= 4 is 35.9 Å². The molecule has 1 saturated heterocycles. The molecule has 1 fully saturated rings. The van der Waals surface area contributed by atoms with E-state index in [9.17, 15) is 9.59 Å². The standard InChI is InChI=1S/C12H13ClN2O4.ClH/c1-18-11(16)10-5-8(6-15-10)19-12(17)9-4-7(13)2-3-14-9;/h2-4,8,10,15H,5-6H2,1H3;1H/t8-,10-;/m0./s1. The van der Waals surface area contributed by atoms with Gasteiger partial charge in [-0.1, -0.05) is 11.6 Å². The van der Waals surface area contributed by atoms with Gasteiger partial charge in [0.25, 0.3) is 0 Å². The summed E-state index contributed by atoms with van der Waals surface area (Å²) in [4.78, 5) is 27.0. The minimum Gasteiger partial charge on any atom is -0.468 e. The summed E-state index contributed by atoms with van der Waals surface area (Å²) in [7, 11) is 1.32. The van der Waals surface area contributed by atoms with Gasteiger partial charge in [-0.3, -0.25) is 4.79 Å². The van der Waals surface area contributed by atoms with Crippen LogP contribution < -0.4 is 5.32 Å². The van der Waals surface area contributed by atoms with E-state index in [0.717, 1.165) is 0 Å². The van der Waals surface area contributed by atoms with Gasteiger partial charge in [-0.2, -0.15) is 0 Å². The van der Waals surface area contributed by atoms with Crippen molar-refractivity contribution in [3.05, 3.63) is 29.0 Å². The maximum atomic E-state index is 11.8. The zero-order chi connectivity index (χ0) is 13.8. The molecule has 0 aliphatic carbocycles. The fraction of sp³-hybridized carbons (Fsp3) is 0.417. The van der Waals surface area contributed by atoms with Crippen LogP contribution in [0.5, 0.6) is 0 Å². The molecule has 8 heteroatoms. The summed E-state index contributed by atoms with van der Waals surface area (Å²) in [5.74, 6) is -0.917. The number of hydrogen-bond donors (Lipinski definition) is 1. The third kappa shape index (κ3) is 4.06. The van der Waals surface area contributed by atoms with Crippen LogP contribution in [-0.4, -0.2) is 42.7 Å². The molecule has 1 aliphatic heterocycles. The summed E-state index contributed by atoms with van der Waals surface area (Å²) in [6.07, 6.45) is 1.44. The van der Waals surface area contributed by atoms with E-state index in [0.29, 0.717) is 18.0 Å². The first-order valence-corrected chi connectivity index (χ1v) is 6.11. The van der Waals surface area contributed by atoms with Crippen molar-refractivity contribution in [3.63, 3.8) is 0 Å². The summed E-state index contributed by atoms with van der Waals surface area (Å²) in [5.41, 5.74) is 0.147. The predicted molar refractivity (Wildman–Crippen MR) is 74.1 cm³/mol. The van der Waals surface area contributed by atoms with Gasteiger partial charge in [0, 0.05) is 24.2 Å². The van der Waals surface area contributed by atoms with Crippen molar-refractivity contribution in [2.24, 2.45) is 0 Å². The molecule has 2 rings (SSSR count). The first-order valence-electron chi connectivity index (χ1n) is 5.74. The number of carbonyl (C=O) groups excluding carboxylic acids is 2. The van der Waals surface area contributed by atoms with Crippen LogP contribution in [0.3, 0.4) is 0 Å². The highest BCUT2D eigenvalue weighted by Crippen LogP contribution is 2.15. The van der Waals surface area contributed by atoms with Crippen LogP contribution in [0.2, 0.25) is 5.02 Å². The Morgan fingerprint density at radius 2 is 2.25 bits per heavy atom. The van der Waals surface area contributed by atoms with E-state index in [2.05, 4.69) is 15.0 Å². The minimum atomic E-state index is -0.556. The molecule has 1 aliphatic rings. The molecule has 0 radical (unpaired) electrons. The average molecular weight is 321 g/mol. The lowest BCUT2D eigenvalue weighted by Crippen LogP contribution is -2.31. The zero-order valence-corrected chi connectivity index (χ0v) is 12.2. The molecule has 0 spiro atoms. The van der Waals surface area contributed by atoms with Crippen molar-refractivity contribution in [1.82, 2.24) is 10.3 Å². The molecular formula is C12H14Cl2N2O4. The van der Waals surface area contributed by atoms with Crippen LogP contribution in [0, 0.1) is 0 Å². The average Bonchev–Trinajstić information content (AvgIpc) is 2.86. The summed E-state index contributed by atoms with van der Waals surface area (Å²) >= 11 is 5.77. The van der Waals surface area contributed by atoms with Gasteiger partial charge in [0.15, 0.2) is 0 Å². The van der Waals surface area contributed by atoms with Crippen LogP contribution >= 0.6 is 24.0 Å². The first-order chi connectivity index (χ1) is 9.10. The number of nitrogens with one attached hydrogen (secondary N) is 1. The summed E-state index contributed by atoms with van der Waals surface area (Å²) in [6.45, 7) is 0.409. The van der Waals surface area contributed by atoms with Gasteiger partial charge in [-0.15, -0.1) is 12.4 Å². The molecule has 0 saturated carbocycles. The number of halogens is 2. The molecule has 2 atom stereocenters. The van der Waals surface area contributed by atoms with Crippen LogP contribution in [0.1, 0.15) is 16.9 Å². The Hall–Kier alpha value is -1.37. The fourth-order valence-corrected chi connectivity index (χ4v) is 2.00. The van der Waals surface area contributed by atoms with Crippen molar-refractivity contribution in [2.75, 3.05) is 13.7 Å². The molecule has 1 aromatic rings. The van der Waals surface area contributed by atoms with Crippen molar-refractivity contribution in [3.8, 4) is 0 Å². The van der Waals surface area contributed by atoms with Crippen molar-refractivity contribution in [2.45, 2.75) is 18.6 Å². The van der Waals surface area contributed by atoms with Crippen LogP contribution in [0.25, 0.3) is 0 Å². The summed E-state index contributed by atoms with van der Waals surface area (Å²) < 4.78 is 9.86. The van der Waals surface area contributed by atoms with E-state index in [1.54, 1.807) is 6.07 Å². The number of rotatable bonds is 3. The van der Waals surface area contributed by atoms with Crippen molar-refractivity contribution in [1.29, 1.82) is 0 Å². The highest BCUT2D eigenvalue weighted by molar-refractivity contribution is 6.30. The Bertz CT molecular complexity index is 498. The third-order valence-electron chi connectivity index (χ3n) is 2.78. The van der Waals surface area contributed by atoms with Crippen LogP contribution in [0.15, 0.2) is 18.3 Å². The quantitative estimate of drug-likeness (QED) is 0.844. The van der Waals surface area contributed by atoms with Gasteiger partial charge in [0.2, 0.25) is 0 Å². The number of esters is 2. The molecule has 0 aromatic carbocycles. The van der Waals surface area contributed by atoms with E-state index < -0.39 is 12.0 Å². The van der Waals surface area contributed by atoms with Gasteiger partial charge < -0.3 is 14.8 Å². The Morgan fingerprint density at radius 1 is 1.50 bits per heavy atom. The Kier molecular flexibility index (Phi) is 6.19. The highest BCUT2D eigenvalue weighted by Gasteiger charge is 2.32. The van der Waals surface area contributed by atoms with E-state index >= 15 is 0 Å². The number of carbonyl (C=O) groups is 2. The third-order valence-corrected chi connectivity index (χ3v) is 3.02. The molecule has 0 unspecified atom stereocenters. The first kappa shape index (κ1) is 16.7. The topological polar surface area (TPSA) is 77.5 Å². The second-order valence-corrected chi connectivity index (χ2v) is 4.54. The van der Waals surface area contributed by atoms with Gasteiger partial charge in [-0.25, -0.2) is 9.78 Å². The van der Waals surface area contributed by atoms with E-state index in [1.165, 1.54) is 19.4 Å². The Balaban J connectivity index is 0.00000200. The number of hydrogen-bond acceptors (Lipinski definition) is 6. The SMILES string of the molecule is COC(=O)[C@@H]1C[C@H](OC(=O)c2cc(Cl)ccn2)CN1.Cl. The minimum absolute atomic E-state index is 0. The zero-order valence-electron chi connectivity index (χ0n) is 10.7. The number of ether oxygens (including phenoxy) is 2. The maximum Gasteiger partial charge on any atom is 0.357 e. The molecule has 1 N–H and O–H groups in total. The van der Waals surface area contributed by atoms with E-state index in [-0.39, 0.29) is 30.2 Å². The maximum absolute atomic E-state index is 11.8. The lowest BCUT2D eigenvalue weighted by Gasteiger charge is -2.10. The van der Waals surface area contributed by atoms with Crippen molar-refractivity contribution < 1.29 is 19.1 Å². The molecule has 2 heterocycles. The molecule has 6 nitrogen and oxygen atoms in total. The van der Waals surface area contributed by atoms with Crippen LogP contribution in [0.4, 0.5) is 0 Å². The molecule has 1 aromatic heterocycles. The smallest absolute Gasteiger partial charge is 0.357 e. The highest BCUT2D eigenvalue weighted by atomic mass is 35.5. The van der Waals surface area contributed by atoms with Gasteiger partial charge >= 0.3 is 11.9 Å². The fourth-order valence-electron chi connectivity index (χ4n) is 1.84. The monoisotopic (exact) mass is 320 g/mol. The number of methoxy groups -OCH3 is 1. The van der Waals surface area contributed by atoms with Gasteiger partial charge in [0.1, 0.15) is 17.8 Å². The molecular weight excluding hydrogens is 307 g/mol. The summed E-state index contributed by atoms with van der Waals surface area (Å²) in [6, 6.07) is 2.57. The lowest BCUT2D eigenvalue weighted by atomic mass is 10.2. The number of aromatic nitrogens is 1. The second kappa shape index (κ2) is 7.42. The molecule has 110 valence electrons. The van der Waals surface area contributed by atoms with Gasteiger partial charge in [-0.05, 0) is 12.1 Å². The second-order valence-electron chi connectivity index (χ2n) is 4.11.